The Morgan fingerprint density at radius 3 is 2.70 bits per heavy atom. The molecule has 0 spiro atoms. The molecule has 1 aliphatic heterocycles. The van der Waals surface area contributed by atoms with Gasteiger partial charge in [0.25, 0.3) is 5.56 Å². The van der Waals surface area contributed by atoms with Gasteiger partial charge in [0.2, 0.25) is 0 Å². The Morgan fingerprint density at radius 1 is 1.09 bits per heavy atom. The summed E-state index contributed by atoms with van der Waals surface area (Å²) in [4.78, 5) is 18.9. The van der Waals surface area contributed by atoms with E-state index in [0.29, 0.717) is 11.5 Å². The molecule has 2 N–H and O–H groups in total. The Bertz CT molecular complexity index is 929. The largest absolute Gasteiger partial charge is 0.456 e. The van der Waals surface area contributed by atoms with Crippen LogP contribution < -0.4 is 15.6 Å². The Labute approximate surface area is 132 Å². The van der Waals surface area contributed by atoms with Gasteiger partial charge in [-0.25, -0.2) is 0 Å². The van der Waals surface area contributed by atoms with Crippen LogP contribution in [0.5, 0.6) is 11.5 Å². The third kappa shape index (κ3) is 2.74. The van der Waals surface area contributed by atoms with Gasteiger partial charge in [0, 0.05) is 24.2 Å². The number of hydrogen-bond donors (Lipinski definition) is 2. The summed E-state index contributed by atoms with van der Waals surface area (Å²) in [6, 6.07) is 16.8. The maximum atomic E-state index is 11.8. The fourth-order valence-corrected chi connectivity index (χ4v) is 2.68. The predicted octanol–water partition coefficient (Wildman–Crippen LogP) is 2.99. The predicted molar refractivity (Wildman–Crippen MR) is 90.3 cm³/mol. The number of benzene rings is 2. The van der Waals surface area contributed by atoms with E-state index < -0.39 is 0 Å². The molecule has 0 radical (unpaired) electrons. The zero-order valence-corrected chi connectivity index (χ0v) is 12.3. The van der Waals surface area contributed by atoms with Crippen LogP contribution in [-0.4, -0.2) is 17.7 Å². The third-order valence-corrected chi connectivity index (χ3v) is 3.79. The lowest BCUT2D eigenvalue weighted by Gasteiger charge is -2.11. The minimum Gasteiger partial charge on any atom is -0.456 e. The number of ether oxygens (including phenoxy) is 1. The minimum atomic E-state index is -0.181. The number of aromatic nitrogens is 1. The SMILES string of the molecule is O=c1cc(Oc2ccc(C3N=CCN3)cc2)c2ccccc2[nH]1. The van der Waals surface area contributed by atoms with Crippen LogP contribution in [0.15, 0.2) is 64.4 Å². The summed E-state index contributed by atoms with van der Waals surface area (Å²) in [5.41, 5.74) is 1.66. The molecule has 2 aromatic carbocycles. The van der Waals surface area contributed by atoms with Crippen LogP contribution in [0.3, 0.4) is 0 Å². The molecule has 1 atom stereocenters. The molecule has 3 aromatic rings. The summed E-state index contributed by atoms with van der Waals surface area (Å²) in [6.45, 7) is 0.793. The Hall–Kier alpha value is -2.92. The van der Waals surface area contributed by atoms with Crippen LogP contribution in [0.2, 0.25) is 0 Å². The molecule has 5 heteroatoms. The van der Waals surface area contributed by atoms with Gasteiger partial charge in [-0.05, 0) is 29.8 Å². The number of hydrogen-bond acceptors (Lipinski definition) is 4. The molecule has 0 fully saturated rings. The number of rotatable bonds is 3. The fraction of sp³-hybridized carbons (Fsp3) is 0.111. The molecule has 4 rings (SSSR count). The first-order valence-corrected chi connectivity index (χ1v) is 7.44. The van der Waals surface area contributed by atoms with Crippen molar-refractivity contribution in [2.45, 2.75) is 6.17 Å². The highest BCUT2D eigenvalue weighted by Gasteiger charge is 2.12. The van der Waals surface area contributed by atoms with Crippen molar-refractivity contribution < 1.29 is 4.74 Å². The molecule has 114 valence electrons. The molecular weight excluding hydrogens is 290 g/mol. The van der Waals surface area contributed by atoms with Crippen LogP contribution in [0.1, 0.15) is 11.7 Å². The average molecular weight is 305 g/mol. The van der Waals surface area contributed by atoms with Crippen molar-refractivity contribution in [3.8, 4) is 11.5 Å². The summed E-state index contributed by atoms with van der Waals surface area (Å²) in [5, 5.41) is 4.14. The van der Waals surface area contributed by atoms with E-state index in [0.717, 1.165) is 23.0 Å². The first kappa shape index (κ1) is 13.7. The lowest BCUT2D eigenvalue weighted by atomic mass is 10.1. The van der Waals surface area contributed by atoms with Crippen LogP contribution in [0, 0.1) is 0 Å². The second-order valence-corrected chi connectivity index (χ2v) is 5.36. The topological polar surface area (TPSA) is 66.5 Å². The standard InChI is InChI=1S/C18H15N3O2/c22-17-11-16(14-3-1-2-4-15(14)21-17)23-13-7-5-12(6-8-13)18-19-9-10-20-18/h1-9,11,18,20H,10H2,(H,21,22). The van der Waals surface area contributed by atoms with Gasteiger partial charge in [-0.3, -0.25) is 15.1 Å². The number of nitrogens with one attached hydrogen (secondary N) is 2. The molecule has 0 amide bonds. The van der Waals surface area contributed by atoms with Crippen molar-refractivity contribution >= 4 is 17.1 Å². The summed E-state index contributed by atoms with van der Waals surface area (Å²) in [5.74, 6) is 1.24. The van der Waals surface area contributed by atoms with Gasteiger partial charge in [-0.2, -0.15) is 0 Å². The van der Waals surface area contributed by atoms with Crippen LogP contribution in [0.25, 0.3) is 10.9 Å². The first-order valence-electron chi connectivity index (χ1n) is 7.44. The number of para-hydroxylation sites is 1. The van der Waals surface area contributed by atoms with Gasteiger partial charge in [0.1, 0.15) is 17.7 Å². The van der Waals surface area contributed by atoms with Crippen molar-refractivity contribution in [1.29, 1.82) is 0 Å². The number of fused-ring (bicyclic) bond motifs is 1. The van der Waals surface area contributed by atoms with Gasteiger partial charge in [-0.15, -0.1) is 0 Å². The lowest BCUT2D eigenvalue weighted by molar-refractivity contribution is 0.486. The van der Waals surface area contributed by atoms with E-state index in [-0.39, 0.29) is 11.7 Å². The van der Waals surface area contributed by atoms with Crippen molar-refractivity contribution in [3.63, 3.8) is 0 Å². The van der Waals surface area contributed by atoms with Gasteiger partial charge >= 0.3 is 0 Å². The number of nitrogens with zero attached hydrogens (tertiary/aromatic N) is 1. The second-order valence-electron chi connectivity index (χ2n) is 5.36. The van der Waals surface area contributed by atoms with E-state index in [2.05, 4.69) is 15.3 Å². The highest BCUT2D eigenvalue weighted by atomic mass is 16.5. The van der Waals surface area contributed by atoms with Crippen LogP contribution >= 0.6 is 0 Å². The minimum absolute atomic E-state index is 0.0180. The molecule has 2 heterocycles. The monoisotopic (exact) mass is 305 g/mol. The van der Waals surface area contributed by atoms with E-state index >= 15 is 0 Å². The van der Waals surface area contributed by atoms with Gasteiger partial charge in [0.05, 0.1) is 5.52 Å². The summed E-state index contributed by atoms with van der Waals surface area (Å²) in [7, 11) is 0. The Kier molecular flexibility index (Phi) is 3.40. The van der Waals surface area contributed by atoms with E-state index in [9.17, 15) is 4.79 Å². The molecule has 23 heavy (non-hydrogen) atoms. The molecule has 1 aromatic heterocycles. The molecule has 1 aliphatic rings. The number of pyridine rings is 1. The van der Waals surface area contributed by atoms with Crippen molar-refractivity contribution in [3.05, 3.63) is 70.5 Å². The highest BCUT2D eigenvalue weighted by molar-refractivity contribution is 5.84. The smallest absolute Gasteiger partial charge is 0.252 e. The fourth-order valence-electron chi connectivity index (χ4n) is 2.68. The molecule has 0 bridgehead atoms. The van der Waals surface area contributed by atoms with Crippen molar-refractivity contribution in [2.75, 3.05) is 6.54 Å². The van der Waals surface area contributed by atoms with E-state index in [1.54, 1.807) is 0 Å². The van der Waals surface area contributed by atoms with Gasteiger partial charge in [0.15, 0.2) is 0 Å². The summed E-state index contributed by atoms with van der Waals surface area (Å²) >= 11 is 0. The van der Waals surface area contributed by atoms with E-state index in [1.807, 2.05) is 54.7 Å². The number of H-pyrrole nitrogens is 1. The third-order valence-electron chi connectivity index (χ3n) is 3.79. The molecule has 0 saturated carbocycles. The zero-order chi connectivity index (χ0) is 15.6. The van der Waals surface area contributed by atoms with Gasteiger partial charge < -0.3 is 9.72 Å². The van der Waals surface area contributed by atoms with Crippen LogP contribution in [0.4, 0.5) is 0 Å². The first-order chi connectivity index (χ1) is 11.3. The Balaban J connectivity index is 1.65. The second kappa shape index (κ2) is 5.70. The number of aliphatic imine (C=N–C) groups is 1. The van der Waals surface area contributed by atoms with E-state index in [1.165, 1.54) is 6.07 Å². The molecule has 0 aliphatic carbocycles. The van der Waals surface area contributed by atoms with Crippen molar-refractivity contribution in [1.82, 2.24) is 10.3 Å². The summed E-state index contributed by atoms with van der Waals surface area (Å²) < 4.78 is 5.91. The number of aromatic amines is 1. The average Bonchev–Trinajstić information content (AvgIpc) is 3.10. The molecule has 5 nitrogen and oxygen atoms in total. The van der Waals surface area contributed by atoms with Crippen LogP contribution in [-0.2, 0) is 0 Å². The highest BCUT2D eigenvalue weighted by Crippen LogP contribution is 2.28. The quantitative estimate of drug-likeness (QED) is 0.781. The Morgan fingerprint density at radius 2 is 1.91 bits per heavy atom. The zero-order valence-electron chi connectivity index (χ0n) is 12.3. The summed E-state index contributed by atoms with van der Waals surface area (Å²) in [6.07, 6.45) is 1.89. The van der Waals surface area contributed by atoms with E-state index in [4.69, 9.17) is 4.74 Å². The molecule has 1 unspecified atom stereocenters. The normalized spacial score (nSPS) is 16.8. The maximum absolute atomic E-state index is 11.8. The van der Waals surface area contributed by atoms with Crippen molar-refractivity contribution in [2.24, 2.45) is 4.99 Å². The molecular formula is C18H15N3O2. The lowest BCUT2D eigenvalue weighted by Crippen LogP contribution is -2.14. The molecule has 0 saturated heterocycles. The van der Waals surface area contributed by atoms with Gasteiger partial charge in [-0.1, -0.05) is 24.3 Å². The maximum Gasteiger partial charge on any atom is 0.252 e.